The molecule has 1 atom stereocenters. The first kappa shape index (κ1) is 23.4. The van der Waals surface area contributed by atoms with Gasteiger partial charge >= 0.3 is 6.18 Å². The van der Waals surface area contributed by atoms with E-state index in [2.05, 4.69) is 5.32 Å². The number of nitrogens with one attached hydrogen (secondary N) is 1. The predicted octanol–water partition coefficient (Wildman–Crippen LogP) is 4.34. The van der Waals surface area contributed by atoms with Gasteiger partial charge in [-0.05, 0) is 49.2 Å². The van der Waals surface area contributed by atoms with Gasteiger partial charge in [-0.15, -0.1) is 0 Å². The number of hydrogen-bond donors (Lipinski definition) is 1. The predicted molar refractivity (Wildman–Crippen MR) is 113 cm³/mol. The molecule has 0 radical (unpaired) electrons. The molecule has 2 aromatic rings. The fourth-order valence-electron chi connectivity index (χ4n) is 3.36. The molecule has 172 valence electrons. The van der Waals surface area contributed by atoms with Crippen LogP contribution in [0.3, 0.4) is 0 Å². The van der Waals surface area contributed by atoms with Crippen LogP contribution in [0.5, 0.6) is 11.5 Å². The lowest BCUT2D eigenvalue weighted by Gasteiger charge is -2.34. The second-order valence-electron chi connectivity index (χ2n) is 7.44. The van der Waals surface area contributed by atoms with E-state index in [1.807, 2.05) is 13.8 Å². The van der Waals surface area contributed by atoms with E-state index in [1.165, 1.54) is 29.2 Å². The van der Waals surface area contributed by atoms with E-state index in [4.69, 9.17) is 9.47 Å². The highest BCUT2D eigenvalue weighted by Gasteiger charge is 2.35. The summed E-state index contributed by atoms with van der Waals surface area (Å²) in [6.45, 7) is 2.55. The molecule has 3 rings (SSSR count). The third-order valence-corrected chi connectivity index (χ3v) is 5.15. The number of fused-ring (bicyclic) bond motifs is 1. The molecule has 0 saturated heterocycles. The summed E-state index contributed by atoms with van der Waals surface area (Å²) in [6.07, 6.45) is -3.78. The second kappa shape index (κ2) is 9.93. The number of ether oxygens (including phenoxy) is 2. The van der Waals surface area contributed by atoms with Crippen LogP contribution in [0.4, 0.5) is 18.9 Å². The number of carbonyl (C=O) groups excluding carboxylic acids is 2. The Morgan fingerprint density at radius 2 is 1.78 bits per heavy atom. The minimum Gasteiger partial charge on any atom is -0.484 e. The van der Waals surface area contributed by atoms with Gasteiger partial charge in [0.05, 0.1) is 12.2 Å². The molecule has 1 heterocycles. The Hall–Kier alpha value is -3.23. The van der Waals surface area contributed by atoms with E-state index in [9.17, 15) is 22.8 Å². The smallest absolute Gasteiger partial charge is 0.422 e. The highest BCUT2D eigenvalue weighted by atomic mass is 19.4. The van der Waals surface area contributed by atoms with Crippen LogP contribution in [0.25, 0.3) is 0 Å². The zero-order chi connectivity index (χ0) is 23.3. The average Bonchev–Trinajstić information content (AvgIpc) is 2.79. The van der Waals surface area contributed by atoms with E-state index in [0.29, 0.717) is 11.4 Å². The average molecular weight is 450 g/mol. The van der Waals surface area contributed by atoms with Crippen molar-refractivity contribution in [3.8, 4) is 11.5 Å². The second-order valence-corrected chi connectivity index (χ2v) is 7.44. The van der Waals surface area contributed by atoms with Crippen LogP contribution in [0.1, 0.15) is 37.0 Å². The van der Waals surface area contributed by atoms with E-state index >= 15 is 0 Å². The van der Waals surface area contributed by atoms with Gasteiger partial charge in [-0.2, -0.15) is 13.2 Å². The number of hydrogen-bond acceptors (Lipinski definition) is 4. The topological polar surface area (TPSA) is 67.9 Å². The van der Waals surface area contributed by atoms with Crippen molar-refractivity contribution in [2.75, 3.05) is 18.1 Å². The molecule has 1 aliphatic heterocycles. The molecule has 6 nitrogen and oxygen atoms in total. The molecule has 0 saturated carbocycles. The molecule has 1 unspecified atom stereocenters. The molecule has 2 aromatic carbocycles. The SMILES string of the molecule is CCC(CC)NC(=O)C1CN(C(=O)c2ccc(OCC(F)(F)F)cc2)c2ccccc2O1. The largest absolute Gasteiger partial charge is 0.484 e. The van der Waals surface area contributed by atoms with Crippen molar-refractivity contribution in [1.29, 1.82) is 0 Å². The molecule has 1 N–H and O–H groups in total. The minimum absolute atomic E-state index is 0.00341. The monoisotopic (exact) mass is 450 g/mol. The van der Waals surface area contributed by atoms with Gasteiger partial charge in [0, 0.05) is 11.6 Å². The molecular weight excluding hydrogens is 425 g/mol. The van der Waals surface area contributed by atoms with E-state index in [1.54, 1.807) is 24.3 Å². The van der Waals surface area contributed by atoms with Crippen LogP contribution in [0.15, 0.2) is 48.5 Å². The van der Waals surface area contributed by atoms with Crippen LogP contribution in [-0.4, -0.2) is 43.3 Å². The van der Waals surface area contributed by atoms with Crippen molar-refractivity contribution in [2.24, 2.45) is 0 Å². The lowest BCUT2D eigenvalue weighted by atomic mass is 10.1. The summed E-state index contributed by atoms with van der Waals surface area (Å²) in [5.41, 5.74) is 0.765. The Morgan fingerprint density at radius 1 is 1.12 bits per heavy atom. The number of alkyl halides is 3. The standard InChI is InChI=1S/C23H25F3N2O4/c1-3-16(4-2)27-21(29)20-13-28(18-7-5-6-8-19(18)32-20)22(30)15-9-11-17(12-10-15)31-14-23(24,25)26/h5-12,16,20H,3-4,13-14H2,1-2H3,(H,27,29). The number of halogens is 3. The Bertz CT molecular complexity index is 943. The van der Waals surface area contributed by atoms with Gasteiger partial charge in [-0.1, -0.05) is 26.0 Å². The molecule has 32 heavy (non-hydrogen) atoms. The summed E-state index contributed by atoms with van der Waals surface area (Å²) in [4.78, 5) is 27.4. The molecule has 2 amide bonds. The Kier molecular flexibility index (Phi) is 7.27. The number of anilines is 1. The zero-order valence-electron chi connectivity index (χ0n) is 17.8. The van der Waals surface area contributed by atoms with Gasteiger partial charge in [0.15, 0.2) is 12.7 Å². The van der Waals surface area contributed by atoms with Gasteiger partial charge in [-0.25, -0.2) is 0 Å². The summed E-state index contributed by atoms with van der Waals surface area (Å²) in [5, 5.41) is 2.94. The number of rotatable bonds is 7. The number of para-hydroxylation sites is 2. The Labute approximate surface area is 184 Å². The zero-order valence-corrected chi connectivity index (χ0v) is 17.8. The highest BCUT2D eigenvalue weighted by molar-refractivity contribution is 6.08. The number of amides is 2. The van der Waals surface area contributed by atoms with E-state index in [0.717, 1.165) is 12.8 Å². The maximum atomic E-state index is 13.2. The van der Waals surface area contributed by atoms with Gasteiger partial charge in [0.25, 0.3) is 11.8 Å². The molecular formula is C23H25F3N2O4. The van der Waals surface area contributed by atoms with Crippen LogP contribution in [-0.2, 0) is 4.79 Å². The molecule has 0 aliphatic carbocycles. The summed E-state index contributed by atoms with van der Waals surface area (Å²) in [7, 11) is 0. The van der Waals surface area contributed by atoms with Crippen molar-refractivity contribution in [2.45, 2.75) is 45.0 Å². The molecule has 9 heteroatoms. The summed E-state index contributed by atoms with van der Waals surface area (Å²) < 4.78 is 47.5. The maximum absolute atomic E-state index is 13.2. The van der Waals surface area contributed by atoms with Crippen LogP contribution < -0.4 is 19.7 Å². The first-order chi connectivity index (χ1) is 15.2. The third kappa shape index (κ3) is 5.72. The highest BCUT2D eigenvalue weighted by Crippen LogP contribution is 2.34. The van der Waals surface area contributed by atoms with Gasteiger partial charge in [0.1, 0.15) is 11.5 Å². The summed E-state index contributed by atoms with van der Waals surface area (Å²) in [5.74, 6) is -0.295. The molecule has 0 bridgehead atoms. The van der Waals surface area contributed by atoms with Crippen LogP contribution >= 0.6 is 0 Å². The van der Waals surface area contributed by atoms with Crippen LogP contribution in [0.2, 0.25) is 0 Å². The van der Waals surface area contributed by atoms with Crippen molar-refractivity contribution in [3.05, 3.63) is 54.1 Å². The van der Waals surface area contributed by atoms with Gasteiger partial charge < -0.3 is 19.7 Å². The number of nitrogens with zero attached hydrogens (tertiary/aromatic N) is 1. The van der Waals surface area contributed by atoms with Gasteiger partial charge in [-0.3, -0.25) is 9.59 Å². The summed E-state index contributed by atoms with van der Waals surface area (Å²) >= 11 is 0. The molecule has 0 fully saturated rings. The first-order valence-corrected chi connectivity index (χ1v) is 10.4. The first-order valence-electron chi connectivity index (χ1n) is 10.4. The van der Waals surface area contributed by atoms with Crippen molar-refractivity contribution in [3.63, 3.8) is 0 Å². The maximum Gasteiger partial charge on any atom is 0.422 e. The van der Waals surface area contributed by atoms with E-state index in [-0.39, 0.29) is 29.8 Å². The lowest BCUT2D eigenvalue weighted by Crippen LogP contribution is -2.52. The fraction of sp³-hybridized carbons (Fsp3) is 0.391. The molecule has 1 aliphatic rings. The normalized spacial score (nSPS) is 15.7. The number of carbonyl (C=O) groups is 2. The minimum atomic E-state index is -4.45. The van der Waals surface area contributed by atoms with Crippen molar-refractivity contribution in [1.82, 2.24) is 5.32 Å². The van der Waals surface area contributed by atoms with E-state index < -0.39 is 24.8 Å². The number of benzene rings is 2. The van der Waals surface area contributed by atoms with Gasteiger partial charge in [0.2, 0.25) is 0 Å². The van der Waals surface area contributed by atoms with Crippen LogP contribution in [0, 0.1) is 0 Å². The van der Waals surface area contributed by atoms with Crippen molar-refractivity contribution >= 4 is 17.5 Å². The summed E-state index contributed by atoms with van der Waals surface area (Å²) in [6, 6.07) is 12.3. The molecule has 0 aromatic heterocycles. The fourth-order valence-corrected chi connectivity index (χ4v) is 3.36. The third-order valence-electron chi connectivity index (χ3n) is 5.15. The lowest BCUT2D eigenvalue weighted by molar-refractivity contribution is -0.153. The Balaban J connectivity index is 1.79. The molecule has 0 spiro atoms. The quantitative estimate of drug-likeness (QED) is 0.682. The Morgan fingerprint density at radius 3 is 2.41 bits per heavy atom. The van der Waals surface area contributed by atoms with Crippen molar-refractivity contribution < 1.29 is 32.2 Å².